The molecule has 4 heteroatoms. The summed E-state index contributed by atoms with van der Waals surface area (Å²) in [6.45, 7) is 8.21. The van der Waals surface area contributed by atoms with Gasteiger partial charge in [0, 0.05) is 29.3 Å². The van der Waals surface area contributed by atoms with Gasteiger partial charge >= 0.3 is 0 Å². The summed E-state index contributed by atoms with van der Waals surface area (Å²) < 4.78 is 5.07. The Labute approximate surface area is 154 Å². The van der Waals surface area contributed by atoms with Gasteiger partial charge in [-0.2, -0.15) is 0 Å². The minimum absolute atomic E-state index is 0.0655. The summed E-state index contributed by atoms with van der Waals surface area (Å²) in [5, 5.41) is 21.4. The first-order valence-electron chi connectivity index (χ1n) is 8.79. The van der Waals surface area contributed by atoms with Crippen LogP contribution in [0.4, 0.5) is 0 Å². The average molecular weight is 351 g/mol. The molecule has 136 valence electrons. The third-order valence-corrected chi connectivity index (χ3v) is 5.13. The molecule has 0 aliphatic heterocycles. The number of nitrogens with zero attached hydrogens (tertiary/aromatic N) is 1. The molecule has 1 aromatic heterocycles. The van der Waals surface area contributed by atoms with Crippen molar-refractivity contribution in [2.24, 2.45) is 5.92 Å². The first-order chi connectivity index (χ1) is 12.4. The van der Waals surface area contributed by atoms with Crippen LogP contribution < -0.4 is 4.74 Å². The van der Waals surface area contributed by atoms with Crippen LogP contribution in [0.25, 0.3) is 11.1 Å². The normalized spacial score (nSPS) is 19.7. The summed E-state index contributed by atoms with van der Waals surface area (Å²) in [5.74, 6) is 0.857. The van der Waals surface area contributed by atoms with E-state index in [-0.39, 0.29) is 23.3 Å². The fourth-order valence-electron chi connectivity index (χ4n) is 3.71. The summed E-state index contributed by atoms with van der Waals surface area (Å²) in [4.78, 5) is 4.18. The number of aromatic hydroxyl groups is 2. The van der Waals surface area contributed by atoms with Crippen LogP contribution in [0.2, 0.25) is 0 Å². The van der Waals surface area contributed by atoms with Crippen LogP contribution in [0.3, 0.4) is 0 Å². The minimum Gasteiger partial charge on any atom is -0.507 e. The Bertz CT molecular complexity index is 829. The van der Waals surface area contributed by atoms with Crippen LogP contribution in [0.5, 0.6) is 17.4 Å². The number of phenolic OH excluding ortho intramolecular Hbond substituents is 2. The fraction of sp³-hybridized carbons (Fsp3) is 0.318. The van der Waals surface area contributed by atoms with Crippen molar-refractivity contribution in [2.75, 3.05) is 7.11 Å². The topological polar surface area (TPSA) is 62.6 Å². The highest BCUT2D eigenvalue weighted by Gasteiger charge is 2.30. The zero-order chi connectivity index (χ0) is 18.8. The number of pyridine rings is 1. The lowest BCUT2D eigenvalue weighted by atomic mass is 9.73. The molecular formula is C22H25NO3. The van der Waals surface area contributed by atoms with Gasteiger partial charge in [0.2, 0.25) is 5.88 Å². The van der Waals surface area contributed by atoms with Crippen LogP contribution in [0, 0.1) is 5.92 Å². The maximum Gasteiger partial charge on any atom is 0.212 e. The monoisotopic (exact) mass is 351 g/mol. The van der Waals surface area contributed by atoms with Crippen molar-refractivity contribution < 1.29 is 14.9 Å². The number of phenols is 2. The van der Waals surface area contributed by atoms with E-state index in [4.69, 9.17) is 4.74 Å². The molecule has 1 aliphatic rings. The predicted molar refractivity (Wildman–Crippen MR) is 104 cm³/mol. The van der Waals surface area contributed by atoms with Crippen molar-refractivity contribution in [1.82, 2.24) is 4.98 Å². The first-order valence-corrected chi connectivity index (χ1v) is 8.79. The first kappa shape index (κ1) is 18.1. The van der Waals surface area contributed by atoms with Gasteiger partial charge in [-0.05, 0) is 56.4 Å². The van der Waals surface area contributed by atoms with E-state index < -0.39 is 0 Å². The molecule has 2 atom stereocenters. The second-order valence-electron chi connectivity index (χ2n) is 7.05. The van der Waals surface area contributed by atoms with E-state index >= 15 is 0 Å². The summed E-state index contributed by atoms with van der Waals surface area (Å²) in [5.41, 5.74) is 4.43. The van der Waals surface area contributed by atoms with Crippen molar-refractivity contribution >= 4 is 0 Å². The number of hydrogen-bond acceptors (Lipinski definition) is 4. The van der Waals surface area contributed by atoms with Gasteiger partial charge in [-0.15, -0.1) is 0 Å². The molecule has 1 aliphatic carbocycles. The Kier molecular flexibility index (Phi) is 5.03. The number of aromatic nitrogens is 1. The van der Waals surface area contributed by atoms with Crippen LogP contribution in [0.1, 0.15) is 38.2 Å². The Balaban J connectivity index is 2.03. The minimum atomic E-state index is -0.0655. The van der Waals surface area contributed by atoms with E-state index in [1.807, 2.05) is 13.0 Å². The lowest BCUT2D eigenvalue weighted by Crippen LogP contribution is -2.17. The number of rotatable bonds is 4. The molecule has 0 unspecified atom stereocenters. The third kappa shape index (κ3) is 3.45. The fourth-order valence-corrected chi connectivity index (χ4v) is 3.71. The van der Waals surface area contributed by atoms with Gasteiger partial charge < -0.3 is 14.9 Å². The molecular weight excluding hydrogens is 326 g/mol. The summed E-state index contributed by atoms with van der Waals surface area (Å²) >= 11 is 0. The molecule has 2 N–H and O–H groups in total. The van der Waals surface area contributed by atoms with Crippen molar-refractivity contribution in [3.05, 3.63) is 59.8 Å². The third-order valence-electron chi connectivity index (χ3n) is 5.13. The quantitative estimate of drug-likeness (QED) is 0.745. The molecule has 0 fully saturated rings. The SMILES string of the molecule is C=C(C)[C@@H]1CCC(C)=C[C@H]1c1c(O)cc(-c2ccc(OC)nc2)cc1O. The number of benzene rings is 1. The second kappa shape index (κ2) is 7.24. The van der Waals surface area contributed by atoms with E-state index in [1.54, 1.807) is 31.5 Å². The van der Waals surface area contributed by atoms with Gasteiger partial charge in [0.15, 0.2) is 0 Å². The van der Waals surface area contributed by atoms with Crippen molar-refractivity contribution in [3.63, 3.8) is 0 Å². The molecule has 3 rings (SSSR count). The van der Waals surface area contributed by atoms with Crippen LogP contribution in [-0.2, 0) is 0 Å². The van der Waals surface area contributed by atoms with E-state index in [2.05, 4.69) is 24.6 Å². The summed E-state index contributed by atoms with van der Waals surface area (Å²) in [7, 11) is 1.56. The average Bonchev–Trinajstić information content (AvgIpc) is 2.61. The Morgan fingerprint density at radius 1 is 1.19 bits per heavy atom. The molecule has 0 spiro atoms. The Morgan fingerprint density at radius 2 is 1.88 bits per heavy atom. The predicted octanol–water partition coefficient (Wildman–Crippen LogP) is 5.18. The van der Waals surface area contributed by atoms with Gasteiger partial charge in [-0.25, -0.2) is 4.98 Å². The smallest absolute Gasteiger partial charge is 0.212 e. The molecule has 1 aromatic carbocycles. The summed E-state index contributed by atoms with van der Waals surface area (Å²) in [6, 6.07) is 6.97. The molecule has 4 nitrogen and oxygen atoms in total. The number of hydrogen-bond donors (Lipinski definition) is 2. The van der Waals surface area contributed by atoms with E-state index in [9.17, 15) is 10.2 Å². The van der Waals surface area contributed by atoms with Crippen LogP contribution >= 0.6 is 0 Å². The molecule has 2 aromatic rings. The van der Waals surface area contributed by atoms with E-state index in [1.165, 1.54) is 5.57 Å². The van der Waals surface area contributed by atoms with E-state index in [0.29, 0.717) is 17.0 Å². The van der Waals surface area contributed by atoms with Crippen molar-refractivity contribution in [1.29, 1.82) is 0 Å². The molecule has 1 heterocycles. The maximum atomic E-state index is 10.7. The molecule has 0 bridgehead atoms. The highest BCUT2D eigenvalue weighted by atomic mass is 16.5. The molecule has 0 saturated heterocycles. The van der Waals surface area contributed by atoms with E-state index in [0.717, 1.165) is 24.0 Å². The van der Waals surface area contributed by atoms with Gasteiger partial charge in [0.1, 0.15) is 11.5 Å². The van der Waals surface area contributed by atoms with Gasteiger partial charge in [-0.1, -0.05) is 23.8 Å². The molecule has 26 heavy (non-hydrogen) atoms. The Hall–Kier alpha value is -2.75. The van der Waals surface area contributed by atoms with Crippen LogP contribution in [-0.4, -0.2) is 22.3 Å². The number of methoxy groups -OCH3 is 1. The maximum absolute atomic E-state index is 10.7. The van der Waals surface area contributed by atoms with Gasteiger partial charge in [0.05, 0.1) is 7.11 Å². The number of allylic oxidation sites excluding steroid dienone is 3. The van der Waals surface area contributed by atoms with Crippen molar-refractivity contribution in [3.8, 4) is 28.5 Å². The zero-order valence-corrected chi connectivity index (χ0v) is 15.5. The number of ether oxygens (including phenoxy) is 1. The largest absolute Gasteiger partial charge is 0.507 e. The molecule has 0 saturated carbocycles. The highest BCUT2D eigenvalue weighted by molar-refractivity contribution is 5.69. The van der Waals surface area contributed by atoms with Crippen LogP contribution in [0.15, 0.2) is 54.3 Å². The highest BCUT2D eigenvalue weighted by Crippen LogP contribution is 2.47. The molecule has 0 amide bonds. The standard InChI is InChI=1S/C22H25NO3/c1-13(2)17-7-5-14(3)9-18(17)22-19(24)10-16(11-20(22)25)15-6-8-21(26-4)23-12-15/h6,8-12,17-18,24-25H,1,5,7H2,2-4H3/t17-,18+/m0/s1. The van der Waals surface area contributed by atoms with Gasteiger partial charge in [-0.3, -0.25) is 0 Å². The Morgan fingerprint density at radius 3 is 2.42 bits per heavy atom. The lowest BCUT2D eigenvalue weighted by molar-refractivity contribution is 0.398. The van der Waals surface area contributed by atoms with Crippen molar-refractivity contribution in [2.45, 2.75) is 32.6 Å². The van der Waals surface area contributed by atoms with Gasteiger partial charge in [0.25, 0.3) is 0 Å². The lowest BCUT2D eigenvalue weighted by Gasteiger charge is -2.31. The zero-order valence-electron chi connectivity index (χ0n) is 15.5. The molecule has 0 radical (unpaired) electrons. The summed E-state index contributed by atoms with van der Waals surface area (Å²) in [6.07, 6.45) is 5.80. The second-order valence-corrected chi connectivity index (χ2v) is 7.05.